The van der Waals surface area contributed by atoms with Crippen LogP contribution in [-0.4, -0.2) is 35.1 Å². The number of aryl methyl sites for hydroxylation is 1. The van der Waals surface area contributed by atoms with Gasteiger partial charge in [-0.25, -0.2) is 4.98 Å². The first-order valence-electron chi connectivity index (χ1n) is 7.65. The Labute approximate surface area is 115 Å². The number of nitrogens with zero attached hydrogens (tertiary/aromatic N) is 2. The highest BCUT2D eigenvalue weighted by atomic mass is 16.4. The molecule has 4 nitrogen and oxygen atoms in total. The summed E-state index contributed by atoms with van der Waals surface area (Å²) in [4.78, 5) is 6.87. The van der Waals surface area contributed by atoms with Crippen LogP contribution in [0.15, 0.2) is 10.6 Å². The first kappa shape index (κ1) is 13.1. The largest absolute Gasteiger partial charge is 0.445 e. The van der Waals surface area contributed by atoms with Crippen LogP contribution in [0.25, 0.3) is 0 Å². The van der Waals surface area contributed by atoms with Crippen LogP contribution in [0.1, 0.15) is 50.2 Å². The number of oxazole rings is 1. The maximum atomic E-state index is 5.63. The fourth-order valence-electron chi connectivity index (χ4n) is 3.58. The molecule has 2 aliphatic rings. The van der Waals surface area contributed by atoms with Crippen molar-refractivity contribution in [2.45, 2.75) is 57.5 Å². The van der Waals surface area contributed by atoms with Crippen molar-refractivity contribution < 1.29 is 4.42 Å². The van der Waals surface area contributed by atoms with Crippen molar-refractivity contribution in [3.8, 4) is 0 Å². The van der Waals surface area contributed by atoms with Crippen LogP contribution in [0, 0.1) is 6.92 Å². The lowest BCUT2D eigenvalue weighted by atomic mass is 9.81. The van der Waals surface area contributed by atoms with Gasteiger partial charge >= 0.3 is 0 Å². The lowest BCUT2D eigenvalue weighted by Crippen LogP contribution is -2.52. The Morgan fingerprint density at radius 1 is 1.32 bits per heavy atom. The summed E-state index contributed by atoms with van der Waals surface area (Å²) in [5.41, 5.74) is 0.358. The summed E-state index contributed by atoms with van der Waals surface area (Å²) in [6.45, 7) is 6.27. The number of nitrogens with one attached hydrogen (secondary N) is 1. The van der Waals surface area contributed by atoms with Crippen molar-refractivity contribution in [1.29, 1.82) is 0 Å². The molecule has 1 aromatic heterocycles. The van der Waals surface area contributed by atoms with Gasteiger partial charge < -0.3 is 9.73 Å². The van der Waals surface area contributed by atoms with Gasteiger partial charge in [0, 0.05) is 12.1 Å². The Balaban J connectivity index is 1.67. The quantitative estimate of drug-likeness (QED) is 0.890. The SMILES string of the molecule is Cc1cnc(CN2CCCNC3(CCCCC3)C2)o1. The van der Waals surface area contributed by atoms with Gasteiger partial charge in [0.15, 0.2) is 0 Å². The van der Waals surface area contributed by atoms with Crippen molar-refractivity contribution >= 4 is 0 Å². The van der Waals surface area contributed by atoms with Gasteiger partial charge in [-0.2, -0.15) is 0 Å². The van der Waals surface area contributed by atoms with E-state index in [1.54, 1.807) is 0 Å². The first-order valence-corrected chi connectivity index (χ1v) is 7.65. The van der Waals surface area contributed by atoms with Crippen LogP contribution in [-0.2, 0) is 6.54 Å². The summed E-state index contributed by atoms with van der Waals surface area (Å²) in [6.07, 6.45) is 9.85. The van der Waals surface area contributed by atoms with Crippen molar-refractivity contribution in [1.82, 2.24) is 15.2 Å². The molecule has 1 N–H and O–H groups in total. The predicted molar refractivity (Wildman–Crippen MR) is 75.0 cm³/mol. The second kappa shape index (κ2) is 5.63. The number of hydrogen-bond donors (Lipinski definition) is 1. The maximum absolute atomic E-state index is 5.63. The fraction of sp³-hybridized carbons (Fsp3) is 0.800. The summed E-state index contributed by atoms with van der Waals surface area (Å²) >= 11 is 0. The van der Waals surface area contributed by atoms with Gasteiger partial charge in [0.2, 0.25) is 5.89 Å². The van der Waals surface area contributed by atoms with Crippen LogP contribution in [0.2, 0.25) is 0 Å². The second-order valence-corrected chi connectivity index (χ2v) is 6.20. The first-order chi connectivity index (χ1) is 9.26. The normalized spacial score (nSPS) is 24.5. The van der Waals surface area contributed by atoms with Gasteiger partial charge in [-0.05, 0) is 39.3 Å². The molecule has 0 unspecified atom stereocenters. The summed E-state index contributed by atoms with van der Waals surface area (Å²) in [7, 11) is 0. The molecule has 0 atom stereocenters. The minimum absolute atomic E-state index is 0.358. The second-order valence-electron chi connectivity index (χ2n) is 6.20. The minimum Gasteiger partial charge on any atom is -0.445 e. The number of aromatic nitrogens is 1. The third-order valence-electron chi connectivity index (χ3n) is 4.52. The molecule has 0 amide bonds. The maximum Gasteiger partial charge on any atom is 0.208 e. The van der Waals surface area contributed by atoms with Crippen LogP contribution in [0.5, 0.6) is 0 Å². The van der Waals surface area contributed by atoms with Crippen molar-refractivity contribution in [2.75, 3.05) is 19.6 Å². The summed E-state index contributed by atoms with van der Waals surface area (Å²) in [6, 6.07) is 0. The molecule has 2 fully saturated rings. The van der Waals surface area contributed by atoms with Crippen molar-refractivity contribution in [3.63, 3.8) is 0 Å². The highest BCUT2D eigenvalue weighted by molar-refractivity contribution is 4.97. The van der Waals surface area contributed by atoms with E-state index in [4.69, 9.17) is 4.42 Å². The molecule has 1 saturated carbocycles. The van der Waals surface area contributed by atoms with E-state index in [9.17, 15) is 0 Å². The monoisotopic (exact) mass is 263 g/mol. The molecule has 1 saturated heterocycles. The van der Waals surface area contributed by atoms with Crippen molar-refractivity contribution in [2.24, 2.45) is 0 Å². The smallest absolute Gasteiger partial charge is 0.208 e. The molecule has 3 rings (SSSR count). The van der Waals surface area contributed by atoms with Gasteiger partial charge in [-0.3, -0.25) is 4.90 Å². The molecule has 0 aromatic carbocycles. The zero-order chi connectivity index (χ0) is 13.1. The Kier molecular flexibility index (Phi) is 3.89. The third-order valence-corrected chi connectivity index (χ3v) is 4.52. The van der Waals surface area contributed by atoms with Gasteiger partial charge in [0.05, 0.1) is 12.7 Å². The van der Waals surface area contributed by atoms with Crippen LogP contribution >= 0.6 is 0 Å². The molecule has 0 bridgehead atoms. The average molecular weight is 263 g/mol. The molecule has 2 heterocycles. The van der Waals surface area contributed by atoms with Crippen LogP contribution < -0.4 is 5.32 Å². The van der Waals surface area contributed by atoms with Crippen molar-refractivity contribution in [3.05, 3.63) is 17.8 Å². The van der Waals surface area contributed by atoms with Gasteiger partial charge in [0.25, 0.3) is 0 Å². The zero-order valence-corrected chi connectivity index (χ0v) is 12.0. The Morgan fingerprint density at radius 2 is 2.16 bits per heavy atom. The molecule has 1 aliphatic heterocycles. The van der Waals surface area contributed by atoms with Gasteiger partial charge in [-0.1, -0.05) is 19.3 Å². The minimum atomic E-state index is 0.358. The Bertz CT molecular complexity index is 409. The standard InChI is InChI=1S/C15H25N3O/c1-13-10-16-14(19-13)11-18-9-5-8-17-15(12-18)6-3-2-4-7-15/h10,17H,2-9,11-12H2,1H3. The van der Waals surface area contributed by atoms with E-state index in [1.807, 2.05) is 13.1 Å². The molecule has 1 spiro atoms. The average Bonchev–Trinajstić information content (AvgIpc) is 2.71. The number of rotatable bonds is 2. The molecule has 1 aliphatic carbocycles. The molecule has 19 heavy (non-hydrogen) atoms. The molecule has 106 valence electrons. The van der Waals surface area contributed by atoms with E-state index >= 15 is 0 Å². The van der Waals surface area contributed by atoms with E-state index in [1.165, 1.54) is 38.5 Å². The van der Waals surface area contributed by atoms with E-state index < -0.39 is 0 Å². The highest BCUT2D eigenvalue weighted by Crippen LogP contribution is 2.30. The molecule has 4 heteroatoms. The van der Waals surface area contributed by atoms with Gasteiger partial charge in [0.1, 0.15) is 5.76 Å². The molecular formula is C15H25N3O. The third kappa shape index (κ3) is 3.18. The summed E-state index contributed by atoms with van der Waals surface area (Å²) in [5.74, 6) is 1.78. The molecular weight excluding hydrogens is 238 g/mol. The van der Waals surface area contributed by atoms with Gasteiger partial charge in [-0.15, -0.1) is 0 Å². The lowest BCUT2D eigenvalue weighted by molar-refractivity contribution is 0.150. The fourth-order valence-corrected chi connectivity index (χ4v) is 3.58. The van der Waals surface area contributed by atoms with E-state index in [-0.39, 0.29) is 0 Å². The summed E-state index contributed by atoms with van der Waals surface area (Å²) in [5, 5.41) is 3.83. The molecule has 0 radical (unpaired) electrons. The Hall–Kier alpha value is -0.870. The topological polar surface area (TPSA) is 41.3 Å². The van der Waals surface area contributed by atoms with Crippen LogP contribution in [0.4, 0.5) is 0 Å². The van der Waals surface area contributed by atoms with E-state index in [2.05, 4.69) is 15.2 Å². The van der Waals surface area contributed by atoms with Crippen LogP contribution in [0.3, 0.4) is 0 Å². The predicted octanol–water partition coefficient (Wildman–Crippen LogP) is 2.48. The highest BCUT2D eigenvalue weighted by Gasteiger charge is 2.35. The number of hydrogen-bond acceptors (Lipinski definition) is 4. The van der Waals surface area contributed by atoms with E-state index in [0.717, 1.165) is 37.8 Å². The summed E-state index contributed by atoms with van der Waals surface area (Å²) < 4.78 is 5.63. The van der Waals surface area contributed by atoms with E-state index in [0.29, 0.717) is 5.54 Å². The lowest BCUT2D eigenvalue weighted by Gasteiger charge is -2.39. The Morgan fingerprint density at radius 3 is 2.89 bits per heavy atom. The zero-order valence-electron chi connectivity index (χ0n) is 12.0. The molecule has 1 aromatic rings.